The van der Waals surface area contributed by atoms with E-state index in [0.717, 1.165) is 18.7 Å². The van der Waals surface area contributed by atoms with Crippen LogP contribution in [0.3, 0.4) is 0 Å². The quantitative estimate of drug-likeness (QED) is 0.684. The van der Waals surface area contributed by atoms with Gasteiger partial charge in [0, 0.05) is 19.0 Å². The van der Waals surface area contributed by atoms with Crippen LogP contribution in [0.1, 0.15) is 5.76 Å². The van der Waals surface area contributed by atoms with Gasteiger partial charge in [0.05, 0.1) is 0 Å². The Labute approximate surface area is 66.0 Å². The zero-order valence-electron chi connectivity index (χ0n) is 6.87. The molecule has 4 nitrogen and oxygen atoms in total. The Bertz CT molecular complexity index is 219. The molecule has 1 aromatic heterocycles. The number of nitrogen functional groups attached to an aromatic ring is 1. The van der Waals surface area contributed by atoms with Gasteiger partial charge < -0.3 is 15.2 Å². The Balaban J connectivity index is 2.39. The summed E-state index contributed by atoms with van der Waals surface area (Å²) in [4.78, 5) is 2.08. The molecule has 0 aromatic carbocycles. The average molecular weight is 155 g/mol. The van der Waals surface area contributed by atoms with E-state index in [9.17, 15) is 0 Å². The van der Waals surface area contributed by atoms with Crippen LogP contribution in [0.25, 0.3) is 0 Å². The van der Waals surface area contributed by atoms with Crippen molar-refractivity contribution in [2.24, 2.45) is 0 Å². The highest BCUT2D eigenvalue weighted by atomic mass is 16.5. The Morgan fingerprint density at radius 1 is 1.64 bits per heavy atom. The second-order valence-electron chi connectivity index (χ2n) is 2.77. The average Bonchev–Trinajstić information content (AvgIpc) is 2.31. The second-order valence-corrected chi connectivity index (χ2v) is 2.77. The summed E-state index contributed by atoms with van der Waals surface area (Å²) in [5, 5.41) is 3.58. The molecule has 1 aromatic rings. The summed E-state index contributed by atoms with van der Waals surface area (Å²) in [6.45, 7) is 0.953. The van der Waals surface area contributed by atoms with Gasteiger partial charge in [-0.05, 0) is 14.1 Å². The lowest BCUT2D eigenvalue weighted by Gasteiger charge is -2.05. The third kappa shape index (κ3) is 2.59. The zero-order chi connectivity index (χ0) is 8.27. The molecule has 0 radical (unpaired) electrons. The first-order valence-electron chi connectivity index (χ1n) is 3.54. The molecule has 0 fully saturated rings. The van der Waals surface area contributed by atoms with Crippen LogP contribution in [0.2, 0.25) is 0 Å². The fourth-order valence-electron chi connectivity index (χ4n) is 0.781. The lowest BCUT2D eigenvalue weighted by atomic mass is 10.3. The first-order valence-corrected chi connectivity index (χ1v) is 3.54. The van der Waals surface area contributed by atoms with Gasteiger partial charge in [-0.25, -0.2) is 0 Å². The van der Waals surface area contributed by atoms with Gasteiger partial charge in [-0.15, -0.1) is 0 Å². The van der Waals surface area contributed by atoms with E-state index in [2.05, 4.69) is 10.1 Å². The number of anilines is 1. The highest BCUT2D eigenvalue weighted by molar-refractivity contribution is 5.26. The zero-order valence-corrected chi connectivity index (χ0v) is 6.87. The molecule has 0 atom stereocenters. The van der Waals surface area contributed by atoms with Crippen molar-refractivity contribution in [2.75, 3.05) is 26.4 Å². The van der Waals surface area contributed by atoms with E-state index in [-0.39, 0.29) is 0 Å². The van der Waals surface area contributed by atoms with E-state index in [1.54, 1.807) is 6.07 Å². The van der Waals surface area contributed by atoms with Gasteiger partial charge in [0.25, 0.3) is 0 Å². The van der Waals surface area contributed by atoms with Gasteiger partial charge >= 0.3 is 0 Å². The van der Waals surface area contributed by atoms with Crippen molar-refractivity contribution in [3.05, 3.63) is 11.8 Å². The van der Waals surface area contributed by atoms with E-state index in [0.29, 0.717) is 5.82 Å². The van der Waals surface area contributed by atoms with Gasteiger partial charge in [-0.3, -0.25) is 0 Å². The number of rotatable bonds is 3. The van der Waals surface area contributed by atoms with Gasteiger partial charge in [-0.2, -0.15) is 0 Å². The molecule has 4 heteroatoms. The monoisotopic (exact) mass is 155 g/mol. The first kappa shape index (κ1) is 8.07. The lowest BCUT2D eigenvalue weighted by Crippen LogP contribution is -2.14. The van der Waals surface area contributed by atoms with E-state index < -0.39 is 0 Å². The Kier molecular flexibility index (Phi) is 2.48. The summed E-state index contributed by atoms with van der Waals surface area (Å²) in [5.74, 6) is 1.30. The van der Waals surface area contributed by atoms with Crippen LogP contribution in [0, 0.1) is 0 Å². The highest BCUT2D eigenvalue weighted by Crippen LogP contribution is 2.04. The van der Waals surface area contributed by atoms with Crippen LogP contribution in [-0.4, -0.2) is 30.7 Å². The highest BCUT2D eigenvalue weighted by Gasteiger charge is 2.00. The minimum atomic E-state index is 0.457. The van der Waals surface area contributed by atoms with E-state index in [1.165, 1.54) is 0 Å². The summed E-state index contributed by atoms with van der Waals surface area (Å²) in [6.07, 6.45) is 0.858. The van der Waals surface area contributed by atoms with Crippen LogP contribution in [0.4, 0.5) is 5.82 Å². The number of nitrogens with two attached hydrogens (primary N) is 1. The standard InChI is InChI=1S/C7H13N3O/c1-10(2)4-3-6-5-7(8)9-11-6/h5H,3-4H2,1-2H3,(H2,8,9). The Morgan fingerprint density at radius 3 is 2.82 bits per heavy atom. The fraction of sp³-hybridized carbons (Fsp3) is 0.571. The molecule has 62 valence electrons. The van der Waals surface area contributed by atoms with Crippen molar-refractivity contribution >= 4 is 5.82 Å². The number of nitrogens with zero attached hydrogens (tertiary/aromatic N) is 2. The summed E-state index contributed by atoms with van der Waals surface area (Å²) in [7, 11) is 4.03. The molecule has 1 rings (SSSR count). The summed E-state index contributed by atoms with van der Waals surface area (Å²) in [6, 6.07) is 1.75. The maximum atomic E-state index is 5.37. The molecule has 2 N–H and O–H groups in total. The Morgan fingerprint density at radius 2 is 2.36 bits per heavy atom. The molecule has 0 aliphatic heterocycles. The Hall–Kier alpha value is -1.03. The van der Waals surface area contributed by atoms with Gasteiger partial charge in [-0.1, -0.05) is 5.16 Å². The molecule has 0 bridgehead atoms. The third-order valence-corrected chi connectivity index (χ3v) is 1.38. The van der Waals surface area contributed by atoms with E-state index in [4.69, 9.17) is 10.3 Å². The molecule has 0 saturated carbocycles. The van der Waals surface area contributed by atoms with E-state index in [1.807, 2.05) is 14.1 Å². The van der Waals surface area contributed by atoms with Crippen LogP contribution in [0.15, 0.2) is 10.6 Å². The number of aromatic nitrogens is 1. The van der Waals surface area contributed by atoms with E-state index >= 15 is 0 Å². The van der Waals surface area contributed by atoms with Crippen molar-refractivity contribution in [1.29, 1.82) is 0 Å². The predicted molar refractivity (Wildman–Crippen MR) is 43.2 cm³/mol. The smallest absolute Gasteiger partial charge is 0.167 e. The number of likely N-dealkylation sites (N-methyl/N-ethyl adjacent to an activating group) is 1. The summed E-state index contributed by atoms with van der Waals surface area (Å²) in [5.41, 5.74) is 5.37. The van der Waals surface area contributed by atoms with Crippen LogP contribution >= 0.6 is 0 Å². The van der Waals surface area contributed by atoms with Gasteiger partial charge in [0.2, 0.25) is 0 Å². The normalized spacial score (nSPS) is 10.8. The first-order chi connectivity index (χ1) is 5.18. The minimum absolute atomic E-state index is 0.457. The van der Waals surface area contributed by atoms with Crippen molar-refractivity contribution in [2.45, 2.75) is 6.42 Å². The summed E-state index contributed by atoms with van der Waals surface area (Å²) < 4.78 is 4.91. The molecule has 0 aliphatic rings. The van der Waals surface area contributed by atoms with Crippen molar-refractivity contribution in [3.63, 3.8) is 0 Å². The van der Waals surface area contributed by atoms with Crippen LogP contribution in [0.5, 0.6) is 0 Å². The molecule has 0 saturated heterocycles. The molecule has 0 amide bonds. The molecule has 1 heterocycles. The molecular weight excluding hydrogens is 142 g/mol. The second kappa shape index (κ2) is 3.39. The maximum Gasteiger partial charge on any atom is 0.167 e. The molecule has 11 heavy (non-hydrogen) atoms. The molecule has 0 unspecified atom stereocenters. The molecular formula is C7H13N3O. The third-order valence-electron chi connectivity index (χ3n) is 1.38. The van der Waals surface area contributed by atoms with Crippen LogP contribution < -0.4 is 5.73 Å². The van der Waals surface area contributed by atoms with Crippen molar-refractivity contribution < 1.29 is 4.52 Å². The molecule has 0 spiro atoms. The fourth-order valence-corrected chi connectivity index (χ4v) is 0.781. The number of hydrogen-bond donors (Lipinski definition) is 1. The lowest BCUT2D eigenvalue weighted by molar-refractivity contribution is 0.351. The van der Waals surface area contributed by atoms with Crippen molar-refractivity contribution in [3.8, 4) is 0 Å². The maximum absolute atomic E-state index is 5.37. The molecule has 0 aliphatic carbocycles. The largest absolute Gasteiger partial charge is 0.381 e. The van der Waals surface area contributed by atoms with Crippen molar-refractivity contribution in [1.82, 2.24) is 10.1 Å². The van der Waals surface area contributed by atoms with Crippen LogP contribution in [-0.2, 0) is 6.42 Å². The van der Waals surface area contributed by atoms with Gasteiger partial charge in [0.15, 0.2) is 5.82 Å². The van der Waals surface area contributed by atoms with Gasteiger partial charge in [0.1, 0.15) is 5.76 Å². The SMILES string of the molecule is CN(C)CCc1cc(N)no1. The number of hydrogen-bond acceptors (Lipinski definition) is 4. The topological polar surface area (TPSA) is 55.3 Å². The summed E-state index contributed by atoms with van der Waals surface area (Å²) >= 11 is 0. The minimum Gasteiger partial charge on any atom is -0.381 e. The predicted octanol–water partition coefficient (Wildman–Crippen LogP) is 0.361.